The summed E-state index contributed by atoms with van der Waals surface area (Å²) in [5, 5.41) is 19.0. The van der Waals surface area contributed by atoms with Crippen molar-refractivity contribution in [1.82, 2.24) is 0 Å². The monoisotopic (exact) mass is 435 g/mol. The zero-order valence-electron chi connectivity index (χ0n) is 16.7. The van der Waals surface area contributed by atoms with Gasteiger partial charge in [0.1, 0.15) is 29.1 Å². The number of esters is 1. The van der Waals surface area contributed by atoms with Crippen LogP contribution in [0.3, 0.4) is 0 Å². The second-order valence-electron chi connectivity index (χ2n) is 6.64. The maximum atomic E-state index is 12.8. The predicted molar refractivity (Wildman–Crippen MR) is 113 cm³/mol. The molecule has 0 saturated heterocycles. The van der Waals surface area contributed by atoms with Gasteiger partial charge in [0.25, 0.3) is 0 Å². The second kappa shape index (κ2) is 8.90. The highest BCUT2D eigenvalue weighted by molar-refractivity contribution is 5.92. The van der Waals surface area contributed by atoms with Crippen LogP contribution in [0.1, 0.15) is 10.4 Å². The van der Waals surface area contributed by atoms with E-state index in [-0.39, 0.29) is 33.7 Å². The Balaban J connectivity index is 1.55. The molecular weight excluding hydrogens is 418 g/mol. The van der Waals surface area contributed by atoms with Gasteiger partial charge in [-0.3, -0.25) is 4.79 Å². The van der Waals surface area contributed by atoms with E-state index in [1.54, 1.807) is 24.3 Å². The van der Waals surface area contributed by atoms with E-state index in [4.69, 9.17) is 23.8 Å². The highest BCUT2D eigenvalue weighted by atomic mass is 16.8. The van der Waals surface area contributed by atoms with E-state index >= 15 is 0 Å². The molecule has 0 saturated carbocycles. The summed E-state index contributed by atoms with van der Waals surface area (Å²) in [7, 11) is 1.53. The van der Waals surface area contributed by atoms with E-state index in [2.05, 4.69) is 0 Å². The van der Waals surface area contributed by atoms with Crippen LogP contribution in [0, 0.1) is 5.21 Å². The van der Waals surface area contributed by atoms with Crippen molar-refractivity contribution in [3.8, 4) is 23.0 Å². The summed E-state index contributed by atoms with van der Waals surface area (Å²) >= 11 is 0. The molecule has 9 heteroatoms. The summed E-state index contributed by atoms with van der Waals surface area (Å²) < 4.78 is 21.6. The van der Waals surface area contributed by atoms with Gasteiger partial charge in [-0.2, -0.15) is 5.23 Å². The van der Waals surface area contributed by atoms with Crippen LogP contribution in [0.4, 0.5) is 5.69 Å². The molecule has 0 spiro atoms. The molecule has 2 N–H and O–H groups in total. The summed E-state index contributed by atoms with van der Waals surface area (Å²) in [5.41, 5.74) is 0.0512. The highest BCUT2D eigenvalue weighted by Gasteiger charge is 2.14. The van der Waals surface area contributed by atoms with Crippen molar-refractivity contribution in [3.63, 3.8) is 0 Å². The van der Waals surface area contributed by atoms with Crippen molar-refractivity contribution in [3.05, 3.63) is 94.0 Å². The number of hydrogen-bond acceptors (Lipinski definition) is 8. The van der Waals surface area contributed by atoms with Crippen molar-refractivity contribution >= 4 is 22.6 Å². The fourth-order valence-electron chi connectivity index (χ4n) is 2.93. The van der Waals surface area contributed by atoms with Crippen molar-refractivity contribution in [2.45, 2.75) is 0 Å². The highest BCUT2D eigenvalue weighted by Crippen LogP contribution is 2.26. The molecule has 32 heavy (non-hydrogen) atoms. The third-order valence-electron chi connectivity index (χ3n) is 4.56. The van der Waals surface area contributed by atoms with Gasteiger partial charge in [0.15, 0.2) is 5.69 Å². The maximum Gasteiger partial charge on any atom is 0.343 e. The summed E-state index contributed by atoms with van der Waals surface area (Å²) in [4.78, 5) is 25.1. The van der Waals surface area contributed by atoms with Crippen molar-refractivity contribution in [1.29, 1.82) is 0 Å². The Morgan fingerprint density at radius 2 is 1.75 bits per heavy atom. The fourth-order valence-corrected chi connectivity index (χ4v) is 2.93. The Hall–Kier alpha value is -4.18. The normalized spacial score (nSPS) is 11.7. The average molecular weight is 435 g/mol. The number of methoxy groups -OCH3 is 1. The van der Waals surface area contributed by atoms with Crippen LogP contribution in [-0.2, 0) is 0 Å². The summed E-state index contributed by atoms with van der Waals surface area (Å²) in [6.45, 7) is 0. The number of quaternary nitrogens is 1. The smallest absolute Gasteiger partial charge is 0.343 e. The van der Waals surface area contributed by atoms with E-state index < -0.39 is 16.6 Å². The lowest BCUT2D eigenvalue weighted by atomic mass is 10.2. The average Bonchev–Trinajstić information content (AvgIpc) is 2.81. The number of carbonyl (C=O) groups excluding carboxylic acids is 1. The second-order valence-corrected chi connectivity index (χ2v) is 6.64. The lowest BCUT2D eigenvalue weighted by molar-refractivity contribution is -0.991. The van der Waals surface area contributed by atoms with E-state index in [1.807, 2.05) is 0 Å². The van der Waals surface area contributed by atoms with Gasteiger partial charge in [0.05, 0.1) is 18.1 Å². The van der Waals surface area contributed by atoms with Gasteiger partial charge in [-0.25, -0.2) is 10.0 Å². The Bertz CT molecular complexity index is 1330. The lowest BCUT2D eigenvalue weighted by Crippen LogP contribution is -2.99. The van der Waals surface area contributed by atoms with Crippen molar-refractivity contribution < 1.29 is 33.9 Å². The number of ether oxygens (including phenoxy) is 3. The Morgan fingerprint density at radius 3 is 2.47 bits per heavy atom. The van der Waals surface area contributed by atoms with E-state index in [0.29, 0.717) is 11.5 Å². The molecule has 1 heterocycles. The van der Waals surface area contributed by atoms with Gasteiger partial charge in [0.2, 0.25) is 11.2 Å². The molecule has 0 radical (unpaired) electrons. The first-order valence-corrected chi connectivity index (χ1v) is 9.37. The summed E-state index contributed by atoms with van der Waals surface area (Å²) in [5.74, 6) is 0.470. The number of benzene rings is 3. The van der Waals surface area contributed by atoms with Gasteiger partial charge in [-0.1, -0.05) is 6.07 Å². The SMILES string of the molecule is COc1cccc(Oc2coc3cc(OC(=O)c4ccc([NH+]([O-])O)cc4)ccc3c2=O)c1. The van der Waals surface area contributed by atoms with Crippen LogP contribution in [0.15, 0.2) is 82.2 Å². The minimum atomic E-state index is -1.09. The lowest BCUT2D eigenvalue weighted by Gasteiger charge is -2.11. The third kappa shape index (κ3) is 4.44. The van der Waals surface area contributed by atoms with E-state index in [9.17, 15) is 14.8 Å². The maximum absolute atomic E-state index is 12.8. The van der Waals surface area contributed by atoms with E-state index in [1.165, 1.54) is 55.8 Å². The molecule has 162 valence electrons. The van der Waals surface area contributed by atoms with Gasteiger partial charge in [0, 0.05) is 24.3 Å². The third-order valence-corrected chi connectivity index (χ3v) is 4.56. The number of carbonyl (C=O) groups is 1. The quantitative estimate of drug-likeness (QED) is 0.269. The van der Waals surface area contributed by atoms with Gasteiger partial charge in [-0.05, 0) is 36.4 Å². The van der Waals surface area contributed by atoms with Crippen LogP contribution >= 0.6 is 0 Å². The molecule has 1 aromatic heterocycles. The van der Waals surface area contributed by atoms with Gasteiger partial charge >= 0.3 is 5.97 Å². The topological polar surface area (TPSA) is 123 Å². The number of nitrogens with one attached hydrogen (secondary N) is 1. The number of hydrogen-bond donors (Lipinski definition) is 2. The zero-order valence-corrected chi connectivity index (χ0v) is 16.7. The first-order valence-electron chi connectivity index (χ1n) is 9.37. The van der Waals surface area contributed by atoms with Crippen molar-refractivity contribution in [2.24, 2.45) is 0 Å². The standard InChI is InChI=1S/C23H17NO8/c1-29-16-3-2-4-17(11-16)31-21-13-30-20-12-18(9-10-19(20)22(21)25)32-23(26)14-5-7-15(8-6-14)24(27)28/h2-13,24,27H,1H3. The molecule has 0 fully saturated rings. The van der Waals surface area contributed by atoms with Crippen LogP contribution in [0.5, 0.6) is 23.0 Å². The van der Waals surface area contributed by atoms with E-state index in [0.717, 1.165) is 0 Å². The van der Waals surface area contributed by atoms with Gasteiger partial charge < -0.3 is 23.8 Å². The molecule has 4 aromatic rings. The van der Waals surface area contributed by atoms with Crippen LogP contribution in [-0.4, -0.2) is 18.3 Å². The predicted octanol–water partition coefficient (Wildman–Crippen LogP) is 3.22. The number of rotatable bonds is 6. The molecule has 1 unspecified atom stereocenters. The molecule has 3 aromatic carbocycles. The minimum absolute atomic E-state index is 0.00554. The molecule has 9 nitrogen and oxygen atoms in total. The molecule has 0 amide bonds. The van der Waals surface area contributed by atoms with Crippen molar-refractivity contribution in [2.75, 3.05) is 7.11 Å². The number of fused-ring (bicyclic) bond motifs is 1. The van der Waals surface area contributed by atoms with Crippen LogP contribution in [0.2, 0.25) is 0 Å². The largest absolute Gasteiger partial charge is 0.595 e. The summed E-state index contributed by atoms with van der Waals surface area (Å²) in [6, 6.07) is 16.5. The first-order chi connectivity index (χ1) is 15.4. The molecule has 0 aliphatic rings. The Kier molecular flexibility index (Phi) is 5.86. The molecule has 0 aliphatic heterocycles. The Labute approximate surface area is 181 Å². The summed E-state index contributed by atoms with van der Waals surface area (Å²) in [6.07, 6.45) is 1.18. The van der Waals surface area contributed by atoms with Crippen LogP contribution < -0.4 is 24.9 Å². The molecule has 0 aliphatic carbocycles. The fraction of sp³-hybridized carbons (Fsp3) is 0.0435. The zero-order chi connectivity index (χ0) is 22.7. The molecular formula is C23H17NO8. The molecule has 1 atom stereocenters. The van der Waals surface area contributed by atoms with Gasteiger partial charge in [-0.15, -0.1) is 0 Å². The minimum Gasteiger partial charge on any atom is -0.595 e. The molecule has 4 rings (SSSR count). The molecule has 0 bridgehead atoms. The first kappa shape index (κ1) is 21.1. The van der Waals surface area contributed by atoms with Crippen LogP contribution in [0.25, 0.3) is 11.0 Å². The Morgan fingerprint density at radius 1 is 1.00 bits per heavy atom.